The first-order chi connectivity index (χ1) is 11.7. The molecule has 0 aliphatic carbocycles. The normalized spacial score (nSPS) is 10.1. The Morgan fingerprint density at radius 2 is 1.42 bits per heavy atom. The van der Waals surface area contributed by atoms with Crippen LogP contribution in [0, 0.1) is 24.6 Å². The van der Waals surface area contributed by atoms with E-state index in [1.807, 2.05) is 19.1 Å². The highest BCUT2D eigenvalue weighted by atomic mass is 19.1. The Kier molecular flexibility index (Phi) is 4.77. The van der Waals surface area contributed by atoms with Gasteiger partial charge in [0.1, 0.15) is 5.82 Å². The van der Waals surface area contributed by atoms with Crippen molar-refractivity contribution in [3.63, 3.8) is 0 Å². The number of benzene rings is 3. The summed E-state index contributed by atoms with van der Waals surface area (Å²) in [6.45, 7) is 4.03. The predicted molar refractivity (Wildman–Crippen MR) is 98.4 cm³/mol. The van der Waals surface area contributed by atoms with Crippen molar-refractivity contribution in [3.05, 3.63) is 94.8 Å². The van der Waals surface area contributed by atoms with Crippen LogP contribution < -0.4 is 0 Å². The number of rotatable bonds is 2. The maximum Gasteiger partial charge on any atom is 0.123 e. The predicted octanol–water partition coefficient (Wildman–Crippen LogP) is 5.76. The van der Waals surface area contributed by atoms with Crippen molar-refractivity contribution in [2.75, 3.05) is 0 Å². The molecule has 0 radical (unpaired) electrons. The molecule has 0 saturated carbocycles. The third-order valence-electron chi connectivity index (χ3n) is 4.11. The molecule has 0 aromatic heterocycles. The van der Waals surface area contributed by atoms with E-state index < -0.39 is 0 Å². The van der Waals surface area contributed by atoms with Crippen LogP contribution in [0.25, 0.3) is 11.1 Å². The Hall–Kier alpha value is -2.85. The summed E-state index contributed by atoms with van der Waals surface area (Å²) < 4.78 is 13.1. The van der Waals surface area contributed by atoms with Gasteiger partial charge in [0.15, 0.2) is 0 Å². The molecule has 118 valence electrons. The lowest BCUT2D eigenvalue weighted by Gasteiger charge is -2.03. The topological polar surface area (TPSA) is 0 Å². The maximum atomic E-state index is 13.1. The number of hydrogen-bond acceptors (Lipinski definition) is 0. The Morgan fingerprint density at radius 1 is 0.792 bits per heavy atom. The van der Waals surface area contributed by atoms with Crippen LogP contribution in [0.4, 0.5) is 4.39 Å². The second-order valence-corrected chi connectivity index (χ2v) is 5.84. The van der Waals surface area contributed by atoms with E-state index in [0.717, 1.165) is 23.1 Å². The lowest BCUT2D eigenvalue weighted by atomic mass is 10.0. The van der Waals surface area contributed by atoms with Crippen LogP contribution in [0.1, 0.15) is 29.2 Å². The zero-order valence-corrected chi connectivity index (χ0v) is 13.9. The smallest absolute Gasteiger partial charge is 0.123 e. The summed E-state index contributed by atoms with van der Waals surface area (Å²) in [5.41, 5.74) is 6.40. The van der Waals surface area contributed by atoms with E-state index >= 15 is 0 Å². The fraction of sp³-hybridized carbons (Fsp3) is 0.130. The fourth-order valence-corrected chi connectivity index (χ4v) is 2.59. The molecule has 0 aliphatic heterocycles. The van der Waals surface area contributed by atoms with Gasteiger partial charge in [0.2, 0.25) is 0 Å². The second-order valence-electron chi connectivity index (χ2n) is 5.84. The molecule has 24 heavy (non-hydrogen) atoms. The third kappa shape index (κ3) is 3.73. The Morgan fingerprint density at radius 3 is 2.00 bits per heavy atom. The van der Waals surface area contributed by atoms with E-state index in [-0.39, 0.29) is 5.82 Å². The van der Waals surface area contributed by atoms with Gasteiger partial charge in [-0.15, -0.1) is 0 Å². The highest BCUT2D eigenvalue weighted by Gasteiger charge is 1.99. The molecule has 0 fully saturated rings. The van der Waals surface area contributed by atoms with Crippen molar-refractivity contribution in [2.45, 2.75) is 20.3 Å². The molecule has 0 nitrogen and oxygen atoms in total. The molecule has 0 amide bonds. The highest BCUT2D eigenvalue weighted by Crippen LogP contribution is 2.20. The van der Waals surface area contributed by atoms with Gasteiger partial charge in [0, 0.05) is 11.1 Å². The average molecular weight is 314 g/mol. The lowest BCUT2D eigenvalue weighted by molar-refractivity contribution is 0.626. The quantitative estimate of drug-likeness (QED) is 0.527. The standard InChI is InChI=1S/C23H19F/c1-3-18-4-10-21(11-5-18)22-12-7-19(8-13-22)6-9-20-14-15-23(24)16-17(20)2/h4-5,7-8,10-16H,3H2,1-2H3. The molecule has 1 heteroatoms. The minimum atomic E-state index is -0.225. The summed E-state index contributed by atoms with van der Waals surface area (Å²) in [4.78, 5) is 0. The molecular weight excluding hydrogens is 295 g/mol. The van der Waals surface area contributed by atoms with Gasteiger partial charge in [-0.1, -0.05) is 55.2 Å². The number of hydrogen-bond donors (Lipinski definition) is 0. The largest absolute Gasteiger partial charge is 0.207 e. The summed E-state index contributed by atoms with van der Waals surface area (Å²) in [5, 5.41) is 0. The van der Waals surface area contributed by atoms with E-state index in [2.05, 4.69) is 55.2 Å². The van der Waals surface area contributed by atoms with E-state index in [4.69, 9.17) is 0 Å². The first-order valence-corrected chi connectivity index (χ1v) is 8.13. The van der Waals surface area contributed by atoms with E-state index in [1.165, 1.54) is 28.8 Å². The summed E-state index contributed by atoms with van der Waals surface area (Å²) >= 11 is 0. The number of halogens is 1. The molecule has 0 atom stereocenters. The van der Waals surface area contributed by atoms with Gasteiger partial charge in [0.05, 0.1) is 0 Å². The van der Waals surface area contributed by atoms with Crippen LogP contribution in [0.2, 0.25) is 0 Å². The van der Waals surface area contributed by atoms with Gasteiger partial charge in [-0.3, -0.25) is 0 Å². The minimum absolute atomic E-state index is 0.225. The molecule has 3 aromatic rings. The molecule has 0 N–H and O–H groups in total. The van der Waals surface area contributed by atoms with Gasteiger partial charge in [-0.25, -0.2) is 4.39 Å². The van der Waals surface area contributed by atoms with Crippen molar-refractivity contribution in [1.82, 2.24) is 0 Å². The lowest BCUT2D eigenvalue weighted by Crippen LogP contribution is -1.85. The van der Waals surface area contributed by atoms with Crippen molar-refractivity contribution in [3.8, 4) is 23.0 Å². The summed E-state index contributed by atoms with van der Waals surface area (Å²) in [5.74, 6) is 6.03. The van der Waals surface area contributed by atoms with E-state index in [9.17, 15) is 4.39 Å². The second kappa shape index (κ2) is 7.15. The zero-order chi connectivity index (χ0) is 16.9. The molecule has 3 rings (SSSR count). The molecule has 0 bridgehead atoms. The maximum absolute atomic E-state index is 13.1. The first-order valence-electron chi connectivity index (χ1n) is 8.13. The minimum Gasteiger partial charge on any atom is -0.207 e. The highest BCUT2D eigenvalue weighted by molar-refractivity contribution is 5.64. The van der Waals surface area contributed by atoms with Crippen LogP contribution in [0.5, 0.6) is 0 Å². The Labute approximate surface area is 143 Å². The fourth-order valence-electron chi connectivity index (χ4n) is 2.59. The molecular formula is C23H19F. The summed E-state index contributed by atoms with van der Waals surface area (Å²) in [6.07, 6.45) is 1.05. The Balaban J connectivity index is 1.81. The SMILES string of the molecule is CCc1ccc(-c2ccc(C#Cc3ccc(F)cc3C)cc2)cc1. The van der Waals surface area contributed by atoms with Crippen molar-refractivity contribution < 1.29 is 4.39 Å². The van der Waals surface area contributed by atoms with Gasteiger partial charge in [-0.2, -0.15) is 0 Å². The monoisotopic (exact) mass is 314 g/mol. The first kappa shape index (κ1) is 16.0. The van der Waals surface area contributed by atoms with E-state index in [1.54, 1.807) is 6.07 Å². The van der Waals surface area contributed by atoms with Crippen LogP contribution >= 0.6 is 0 Å². The average Bonchev–Trinajstić information content (AvgIpc) is 2.62. The van der Waals surface area contributed by atoms with Gasteiger partial charge < -0.3 is 0 Å². The third-order valence-corrected chi connectivity index (χ3v) is 4.11. The molecule has 0 spiro atoms. The van der Waals surface area contributed by atoms with Gasteiger partial charge >= 0.3 is 0 Å². The molecule has 0 aliphatic rings. The Bertz CT molecular complexity index is 892. The summed E-state index contributed by atoms with van der Waals surface area (Å²) in [7, 11) is 0. The number of aryl methyl sites for hydroxylation is 2. The molecule has 3 aromatic carbocycles. The van der Waals surface area contributed by atoms with Crippen molar-refractivity contribution in [2.24, 2.45) is 0 Å². The van der Waals surface area contributed by atoms with Crippen molar-refractivity contribution in [1.29, 1.82) is 0 Å². The van der Waals surface area contributed by atoms with Crippen LogP contribution in [0.3, 0.4) is 0 Å². The molecule has 0 heterocycles. The van der Waals surface area contributed by atoms with Gasteiger partial charge in [0.25, 0.3) is 0 Å². The molecule has 0 unspecified atom stereocenters. The van der Waals surface area contributed by atoms with Crippen molar-refractivity contribution >= 4 is 0 Å². The zero-order valence-electron chi connectivity index (χ0n) is 13.9. The van der Waals surface area contributed by atoms with E-state index in [0.29, 0.717) is 0 Å². The van der Waals surface area contributed by atoms with Gasteiger partial charge in [-0.05, 0) is 65.9 Å². The van der Waals surface area contributed by atoms with Crippen LogP contribution in [0.15, 0.2) is 66.7 Å². The summed E-state index contributed by atoms with van der Waals surface area (Å²) in [6, 6.07) is 21.5. The molecule has 0 saturated heterocycles. The van der Waals surface area contributed by atoms with Crippen LogP contribution in [-0.2, 0) is 6.42 Å². The van der Waals surface area contributed by atoms with Crippen LogP contribution in [-0.4, -0.2) is 0 Å².